The monoisotopic (exact) mass is 1350 g/mol. The molecule has 0 aromatic heterocycles. The van der Waals surface area contributed by atoms with E-state index < -0.39 is 36.0 Å². The van der Waals surface area contributed by atoms with Crippen molar-refractivity contribution in [2.24, 2.45) is 0 Å². The quantitative estimate of drug-likeness (QED) is 0.0157. The molecule has 0 saturated heterocycles. The SMILES string of the molecule is CCCCCCCC/C=C\CCCCCCCC(=O)Oc1ccc(CC(=O)OCCOC(=O)C(CSSCC(NC(=O)CCCN(C)C)C(=O)OCCOC(=O)Cc2ccc(OC(=O)CCCCCCC/C=C\CCCCCCCC)cc2)NC(=O)CCCN(C)C)cc1. The maximum Gasteiger partial charge on any atom is 0.329 e. The summed E-state index contributed by atoms with van der Waals surface area (Å²) in [6.45, 7) is 4.80. The van der Waals surface area contributed by atoms with E-state index in [0.29, 0.717) is 61.4 Å². The van der Waals surface area contributed by atoms with Gasteiger partial charge in [-0.3, -0.25) is 28.8 Å². The average molecular weight is 1350 g/mol. The fourth-order valence-corrected chi connectivity index (χ4v) is 12.1. The van der Waals surface area contributed by atoms with Crippen LogP contribution < -0.4 is 20.1 Å². The molecule has 18 nitrogen and oxygen atoms in total. The van der Waals surface area contributed by atoms with Crippen molar-refractivity contribution >= 4 is 69.2 Å². The molecule has 0 radical (unpaired) electrons. The fourth-order valence-electron chi connectivity index (χ4n) is 9.84. The minimum Gasteiger partial charge on any atom is -0.462 e. The Kier molecular flexibility index (Phi) is 51.7. The molecular weight excluding hydrogens is 1230 g/mol. The third-order valence-electron chi connectivity index (χ3n) is 15.3. The number of carbonyl (C=O) groups excluding carboxylic acids is 8. The Morgan fingerprint density at radius 2 is 0.691 bits per heavy atom. The number of hydrogen-bond donors (Lipinski definition) is 2. The van der Waals surface area contributed by atoms with Gasteiger partial charge in [-0.1, -0.05) is 187 Å². The van der Waals surface area contributed by atoms with Gasteiger partial charge in [0.1, 0.15) is 50.0 Å². The van der Waals surface area contributed by atoms with Crippen LogP contribution in [0.4, 0.5) is 0 Å². The zero-order chi connectivity index (χ0) is 68.5. The average Bonchev–Trinajstić information content (AvgIpc) is 1.78. The van der Waals surface area contributed by atoms with Gasteiger partial charge in [-0.25, -0.2) is 9.59 Å². The van der Waals surface area contributed by atoms with E-state index in [0.717, 1.165) is 77.0 Å². The van der Waals surface area contributed by atoms with Gasteiger partial charge in [-0.05, 0) is 154 Å². The Morgan fingerprint density at radius 3 is 1.02 bits per heavy atom. The summed E-state index contributed by atoms with van der Waals surface area (Å²) in [5.74, 6) is -3.07. The number of unbranched alkanes of at least 4 members (excludes halogenated alkanes) is 22. The molecule has 0 heterocycles. The third-order valence-corrected chi connectivity index (χ3v) is 17.7. The molecule has 2 amide bonds. The van der Waals surface area contributed by atoms with Crippen LogP contribution >= 0.6 is 21.6 Å². The highest BCUT2D eigenvalue weighted by molar-refractivity contribution is 8.76. The Balaban J connectivity index is 1.78. The molecule has 94 heavy (non-hydrogen) atoms. The van der Waals surface area contributed by atoms with E-state index in [9.17, 15) is 38.4 Å². The molecule has 0 aliphatic carbocycles. The number of amides is 2. The Hall–Kier alpha value is -5.70. The van der Waals surface area contributed by atoms with Crippen LogP contribution in [0.25, 0.3) is 0 Å². The highest BCUT2D eigenvalue weighted by atomic mass is 33.1. The third kappa shape index (κ3) is 48.9. The second kappa shape index (κ2) is 57.5. The van der Waals surface area contributed by atoms with E-state index in [4.69, 9.17) is 28.4 Å². The first-order valence-corrected chi connectivity index (χ1v) is 37.7. The van der Waals surface area contributed by atoms with Crippen LogP contribution in [-0.2, 0) is 70.1 Å². The normalized spacial score (nSPS) is 12.0. The number of allylic oxidation sites excluding steroid dienone is 4. The van der Waals surface area contributed by atoms with Crippen LogP contribution in [0.5, 0.6) is 11.5 Å². The maximum absolute atomic E-state index is 13.4. The van der Waals surface area contributed by atoms with E-state index >= 15 is 0 Å². The van der Waals surface area contributed by atoms with Gasteiger partial charge in [-0.15, -0.1) is 0 Å². The number of rotatable bonds is 59. The van der Waals surface area contributed by atoms with Crippen LogP contribution in [0.3, 0.4) is 0 Å². The van der Waals surface area contributed by atoms with Gasteiger partial charge in [0.2, 0.25) is 11.8 Å². The topological polar surface area (TPSA) is 222 Å². The summed E-state index contributed by atoms with van der Waals surface area (Å²) in [6.07, 6.45) is 41.9. The van der Waals surface area contributed by atoms with Crippen LogP contribution in [0, 0.1) is 0 Å². The zero-order valence-corrected chi connectivity index (χ0v) is 59.8. The molecule has 2 unspecified atom stereocenters. The van der Waals surface area contributed by atoms with Gasteiger partial charge in [0.15, 0.2) is 0 Å². The van der Waals surface area contributed by atoms with Crippen molar-refractivity contribution in [3.05, 3.63) is 84.0 Å². The Morgan fingerprint density at radius 1 is 0.383 bits per heavy atom. The first kappa shape index (κ1) is 84.4. The number of nitrogens with one attached hydrogen (secondary N) is 2. The smallest absolute Gasteiger partial charge is 0.329 e. The molecule has 20 heteroatoms. The predicted molar refractivity (Wildman–Crippen MR) is 379 cm³/mol. The molecule has 0 aliphatic rings. The van der Waals surface area contributed by atoms with E-state index in [1.54, 1.807) is 48.5 Å². The number of carbonyl (C=O) groups is 8. The highest BCUT2D eigenvalue weighted by Crippen LogP contribution is 2.25. The molecule has 2 atom stereocenters. The second-order valence-corrected chi connectivity index (χ2v) is 27.2. The summed E-state index contributed by atoms with van der Waals surface area (Å²) in [5.41, 5.74) is 1.28. The van der Waals surface area contributed by atoms with Gasteiger partial charge in [0.05, 0.1) is 12.8 Å². The van der Waals surface area contributed by atoms with Crippen LogP contribution in [0.1, 0.15) is 230 Å². The van der Waals surface area contributed by atoms with Gasteiger partial charge >= 0.3 is 35.8 Å². The van der Waals surface area contributed by atoms with Crippen molar-refractivity contribution in [3.8, 4) is 11.5 Å². The number of hydrogen-bond acceptors (Lipinski definition) is 18. The molecule has 0 spiro atoms. The minimum atomic E-state index is -1.09. The lowest BCUT2D eigenvalue weighted by molar-refractivity contribution is -0.153. The van der Waals surface area contributed by atoms with Crippen LogP contribution in [0.2, 0.25) is 0 Å². The lowest BCUT2D eigenvalue weighted by Gasteiger charge is -2.20. The molecule has 2 aromatic rings. The largest absolute Gasteiger partial charge is 0.462 e. The first-order chi connectivity index (χ1) is 45.6. The summed E-state index contributed by atoms with van der Waals surface area (Å²) in [4.78, 5) is 107. The van der Waals surface area contributed by atoms with Crippen molar-refractivity contribution in [3.63, 3.8) is 0 Å². The van der Waals surface area contributed by atoms with Gasteiger partial charge in [-0.2, -0.15) is 0 Å². The first-order valence-electron chi connectivity index (χ1n) is 35.2. The van der Waals surface area contributed by atoms with Crippen molar-refractivity contribution in [1.29, 1.82) is 0 Å². The number of esters is 6. The number of ether oxygens (including phenoxy) is 6. The standard InChI is InChI=1S/C74H118N4O14S2/c1-7-9-11-13-15-17-19-21-23-25-27-29-31-33-35-41-69(81)91-63-47-43-61(44-48-63)57-71(83)87-53-55-89-73(85)65(75-67(79)39-37-51-77(3)4)59-93-94-60-66(76-68(80)40-38-52-78(5)6)74(86)90-56-54-88-72(84)58-62-45-49-64(50-46-62)92-70(82)42-36-34-32-30-28-26-24-22-20-18-16-14-12-10-8-2/h21-24,43-50,65-66H,7-20,25-42,51-60H2,1-6H3,(H,75,79)(H,76,80)/b23-21-,24-22-. The summed E-state index contributed by atoms with van der Waals surface area (Å²) < 4.78 is 32.7. The van der Waals surface area contributed by atoms with Gasteiger partial charge in [0, 0.05) is 37.2 Å². The van der Waals surface area contributed by atoms with Gasteiger partial charge in [0.25, 0.3) is 0 Å². The Bertz CT molecular complexity index is 2260. The lowest BCUT2D eigenvalue weighted by atomic mass is 10.1. The zero-order valence-electron chi connectivity index (χ0n) is 58.2. The van der Waals surface area contributed by atoms with E-state index in [2.05, 4.69) is 48.8 Å². The van der Waals surface area contributed by atoms with Crippen LogP contribution in [0.15, 0.2) is 72.8 Å². The van der Waals surface area contributed by atoms with E-state index in [-0.39, 0.29) is 87.4 Å². The number of nitrogens with zero attached hydrogens (tertiary/aromatic N) is 2. The van der Waals surface area contributed by atoms with Crippen molar-refractivity contribution in [2.75, 3.05) is 79.2 Å². The Labute approximate surface area is 572 Å². The molecule has 530 valence electrons. The molecule has 2 N–H and O–H groups in total. The highest BCUT2D eigenvalue weighted by Gasteiger charge is 2.26. The van der Waals surface area contributed by atoms with E-state index in [1.165, 1.54) is 111 Å². The summed E-state index contributed by atoms with van der Waals surface area (Å²) in [5, 5.41) is 5.50. The lowest BCUT2D eigenvalue weighted by Crippen LogP contribution is -2.44. The molecule has 0 saturated carbocycles. The summed E-state index contributed by atoms with van der Waals surface area (Å²) >= 11 is 0. The fraction of sp³-hybridized carbons (Fsp3) is 0.676. The minimum absolute atomic E-state index is 0.0340. The second-order valence-electron chi connectivity index (χ2n) is 24.7. The molecule has 2 aromatic carbocycles. The molecule has 2 rings (SSSR count). The maximum atomic E-state index is 13.4. The number of benzene rings is 2. The molecular formula is C74H118N4O14S2. The molecule has 0 aliphatic heterocycles. The van der Waals surface area contributed by atoms with E-state index in [1.807, 2.05) is 38.0 Å². The summed E-state index contributed by atoms with van der Waals surface area (Å²) in [6, 6.07) is 11.1. The summed E-state index contributed by atoms with van der Waals surface area (Å²) in [7, 11) is 9.93. The predicted octanol–water partition coefficient (Wildman–Crippen LogP) is 14.6. The van der Waals surface area contributed by atoms with Crippen molar-refractivity contribution < 1.29 is 66.8 Å². The van der Waals surface area contributed by atoms with Crippen molar-refractivity contribution in [1.82, 2.24) is 20.4 Å². The molecule has 0 bridgehead atoms. The van der Waals surface area contributed by atoms with Crippen LogP contribution in [-0.4, -0.2) is 149 Å². The van der Waals surface area contributed by atoms with Gasteiger partial charge < -0.3 is 48.9 Å². The van der Waals surface area contributed by atoms with Crippen molar-refractivity contribution in [2.45, 2.75) is 244 Å². The molecule has 0 fully saturated rings.